The highest BCUT2D eigenvalue weighted by molar-refractivity contribution is 5.95. The van der Waals surface area contributed by atoms with E-state index in [4.69, 9.17) is 25.6 Å². The van der Waals surface area contributed by atoms with Gasteiger partial charge in [0.05, 0.1) is 23.7 Å². The van der Waals surface area contributed by atoms with Crippen molar-refractivity contribution in [3.05, 3.63) is 82.4 Å². The number of nitrogen functional groups attached to an aromatic ring is 1. The summed E-state index contributed by atoms with van der Waals surface area (Å²) >= 11 is 0. The Labute approximate surface area is 210 Å². The van der Waals surface area contributed by atoms with E-state index in [0.717, 1.165) is 22.2 Å². The van der Waals surface area contributed by atoms with E-state index in [2.05, 4.69) is 10.3 Å². The molecule has 1 atom stereocenters. The zero-order chi connectivity index (χ0) is 26.0. The molecule has 0 aliphatic heterocycles. The molecule has 5 N–H and O–H groups in total. The average Bonchev–Trinajstić information content (AvgIpc) is 3.27. The quantitative estimate of drug-likeness (QED) is 0.171. The number of benzene rings is 3. The number of amidine groups is 1. The first kappa shape index (κ1) is 25.0. The third kappa shape index (κ3) is 5.12. The molecule has 0 saturated heterocycles. The molecule has 188 valence electrons. The van der Waals surface area contributed by atoms with Gasteiger partial charge in [-0.3, -0.25) is 5.41 Å². The van der Waals surface area contributed by atoms with Crippen molar-refractivity contribution in [3.63, 3.8) is 0 Å². The van der Waals surface area contributed by atoms with Crippen molar-refractivity contribution < 1.29 is 13.9 Å². The summed E-state index contributed by atoms with van der Waals surface area (Å²) in [5.41, 5.74) is 11.2. The van der Waals surface area contributed by atoms with Crippen molar-refractivity contribution in [2.24, 2.45) is 5.73 Å². The minimum absolute atomic E-state index is 0.0211. The summed E-state index contributed by atoms with van der Waals surface area (Å²) in [5.74, 6) is 0.669. The van der Waals surface area contributed by atoms with Crippen LogP contribution in [0.5, 0.6) is 11.5 Å². The maximum Gasteiger partial charge on any atom is 0.171 e. The number of rotatable bonds is 9. The molecule has 1 aromatic heterocycles. The number of aromatic amines is 1. The Morgan fingerprint density at radius 1 is 1.14 bits per heavy atom. The monoisotopic (exact) mass is 489 g/mol. The third-order valence-corrected chi connectivity index (χ3v) is 6.00. The van der Waals surface area contributed by atoms with Crippen LogP contribution in [0, 0.1) is 25.1 Å². The van der Waals surface area contributed by atoms with Crippen LogP contribution in [-0.4, -0.2) is 28.5 Å². The van der Waals surface area contributed by atoms with E-state index in [9.17, 15) is 0 Å². The van der Waals surface area contributed by atoms with Crippen molar-refractivity contribution in [1.29, 1.82) is 5.41 Å². The van der Waals surface area contributed by atoms with Gasteiger partial charge in [0.2, 0.25) is 0 Å². The number of anilines is 1. The smallest absolute Gasteiger partial charge is 0.171 e. The highest BCUT2D eigenvalue weighted by Crippen LogP contribution is 2.36. The Morgan fingerprint density at radius 2 is 1.86 bits per heavy atom. The summed E-state index contributed by atoms with van der Waals surface area (Å²) in [7, 11) is 0. The molecule has 36 heavy (non-hydrogen) atoms. The van der Waals surface area contributed by atoms with Gasteiger partial charge in [-0.25, -0.2) is 9.37 Å². The molecule has 0 fully saturated rings. The number of fused-ring (bicyclic) bond motifs is 1. The normalized spacial score (nSPS) is 12.1. The summed E-state index contributed by atoms with van der Waals surface area (Å²) in [6.07, 6.45) is -0.216. The standard InChI is InChI=1S/C28H32FN5O2/c1-6-35-20-13-21(24(29)23(14-20)36-15(2)3)26(32-19-10-8-18(9-11-19)27(30)31)28-33-22-12-7-16(4)17(5)25(22)34-28/h7-15,26,32H,6H2,1-5H3,(H3,30,31)(H,33,34). The van der Waals surface area contributed by atoms with Gasteiger partial charge in [0, 0.05) is 22.9 Å². The number of hydrogen-bond acceptors (Lipinski definition) is 5. The topological polar surface area (TPSA) is 109 Å². The van der Waals surface area contributed by atoms with Crippen LogP contribution in [0.4, 0.5) is 10.1 Å². The highest BCUT2D eigenvalue weighted by Gasteiger charge is 2.26. The molecule has 0 radical (unpaired) electrons. The van der Waals surface area contributed by atoms with Gasteiger partial charge in [0.25, 0.3) is 0 Å². The Balaban J connectivity index is 1.88. The average molecular weight is 490 g/mol. The maximum absolute atomic E-state index is 16.0. The molecule has 0 saturated carbocycles. The van der Waals surface area contributed by atoms with Crippen molar-refractivity contribution >= 4 is 22.6 Å². The Morgan fingerprint density at radius 3 is 2.50 bits per heavy atom. The van der Waals surface area contributed by atoms with Crippen molar-refractivity contribution in [3.8, 4) is 11.5 Å². The molecule has 4 aromatic rings. The van der Waals surface area contributed by atoms with Crippen LogP contribution in [0.3, 0.4) is 0 Å². The first-order valence-corrected chi connectivity index (χ1v) is 12.0. The molecule has 3 aromatic carbocycles. The summed E-state index contributed by atoms with van der Waals surface area (Å²) < 4.78 is 27.5. The predicted molar refractivity (Wildman–Crippen MR) is 142 cm³/mol. The van der Waals surface area contributed by atoms with Gasteiger partial charge in [-0.15, -0.1) is 0 Å². The van der Waals surface area contributed by atoms with Crippen LogP contribution in [0.1, 0.15) is 54.9 Å². The second-order valence-electron chi connectivity index (χ2n) is 9.02. The van der Waals surface area contributed by atoms with Crippen LogP contribution in [0.25, 0.3) is 11.0 Å². The van der Waals surface area contributed by atoms with Gasteiger partial charge >= 0.3 is 0 Å². The Bertz CT molecular complexity index is 1400. The van der Waals surface area contributed by atoms with E-state index in [-0.39, 0.29) is 17.7 Å². The van der Waals surface area contributed by atoms with Crippen LogP contribution < -0.4 is 20.5 Å². The number of H-pyrrole nitrogens is 1. The maximum atomic E-state index is 16.0. The highest BCUT2D eigenvalue weighted by atomic mass is 19.1. The lowest BCUT2D eigenvalue weighted by Crippen LogP contribution is -2.18. The molecule has 0 aliphatic carbocycles. The first-order valence-electron chi connectivity index (χ1n) is 12.0. The van der Waals surface area contributed by atoms with Crippen LogP contribution >= 0.6 is 0 Å². The summed E-state index contributed by atoms with van der Waals surface area (Å²) in [6, 6.07) is 13.7. The molecule has 0 bridgehead atoms. The predicted octanol–water partition coefficient (Wildman–Crippen LogP) is 5.99. The molecule has 8 heteroatoms. The fraction of sp³-hybridized carbons (Fsp3) is 0.286. The van der Waals surface area contributed by atoms with Crippen LogP contribution in [-0.2, 0) is 0 Å². The number of nitrogens with zero attached hydrogens (tertiary/aromatic N) is 1. The van der Waals surface area contributed by atoms with Crippen LogP contribution in [0.15, 0.2) is 48.5 Å². The zero-order valence-electron chi connectivity index (χ0n) is 21.2. The second kappa shape index (κ2) is 10.3. The largest absolute Gasteiger partial charge is 0.494 e. The van der Waals surface area contributed by atoms with Crippen molar-refractivity contribution in [2.45, 2.75) is 46.8 Å². The van der Waals surface area contributed by atoms with E-state index >= 15 is 4.39 Å². The molecule has 7 nitrogen and oxygen atoms in total. The van der Waals surface area contributed by atoms with Gasteiger partial charge in [-0.05, 0) is 82.1 Å². The molecule has 1 heterocycles. The number of aromatic nitrogens is 2. The molecule has 0 amide bonds. The minimum atomic E-state index is -0.685. The summed E-state index contributed by atoms with van der Waals surface area (Å²) in [4.78, 5) is 8.25. The second-order valence-corrected chi connectivity index (χ2v) is 9.02. The van der Waals surface area contributed by atoms with Gasteiger partial charge < -0.3 is 25.5 Å². The molecule has 0 spiro atoms. The van der Waals surface area contributed by atoms with Gasteiger partial charge in [0.1, 0.15) is 23.5 Å². The number of aryl methyl sites for hydroxylation is 2. The summed E-state index contributed by atoms with van der Waals surface area (Å²) in [6.45, 7) is 10.1. The number of imidazole rings is 1. The van der Waals surface area contributed by atoms with Gasteiger partial charge in [-0.2, -0.15) is 0 Å². The Hall–Kier alpha value is -4.07. The number of hydrogen-bond donors (Lipinski definition) is 4. The van der Waals surface area contributed by atoms with Gasteiger partial charge in [0.15, 0.2) is 11.6 Å². The minimum Gasteiger partial charge on any atom is -0.494 e. The van der Waals surface area contributed by atoms with Crippen LogP contribution in [0.2, 0.25) is 0 Å². The van der Waals surface area contributed by atoms with E-state index in [1.165, 1.54) is 0 Å². The molecule has 1 unspecified atom stereocenters. The zero-order valence-corrected chi connectivity index (χ0v) is 21.2. The SMILES string of the molecule is CCOc1cc(OC(C)C)c(F)c(C(Nc2ccc(C(=N)N)cc2)c2nc3c(C)c(C)ccc3[nH]2)c1. The molecular weight excluding hydrogens is 457 g/mol. The van der Waals surface area contributed by atoms with Crippen molar-refractivity contribution in [2.75, 3.05) is 11.9 Å². The molecule has 0 aliphatic rings. The summed E-state index contributed by atoms with van der Waals surface area (Å²) in [5, 5.41) is 11.1. The number of nitrogens with two attached hydrogens (primary N) is 1. The molecular formula is C28H32FN5O2. The fourth-order valence-electron chi connectivity index (χ4n) is 4.07. The van der Waals surface area contributed by atoms with Crippen molar-refractivity contribution in [1.82, 2.24) is 9.97 Å². The lowest BCUT2D eigenvalue weighted by atomic mass is 10.0. The van der Waals surface area contributed by atoms with E-state index in [0.29, 0.717) is 35.0 Å². The van der Waals surface area contributed by atoms with E-state index in [1.54, 1.807) is 36.4 Å². The number of ether oxygens (including phenoxy) is 2. The first-order chi connectivity index (χ1) is 17.2. The number of halogens is 1. The van der Waals surface area contributed by atoms with Gasteiger partial charge in [-0.1, -0.05) is 6.07 Å². The number of nitrogens with one attached hydrogen (secondary N) is 3. The lowest BCUT2D eigenvalue weighted by Gasteiger charge is -2.22. The van der Waals surface area contributed by atoms with E-state index in [1.807, 2.05) is 46.8 Å². The third-order valence-electron chi connectivity index (χ3n) is 6.00. The lowest BCUT2D eigenvalue weighted by molar-refractivity contribution is 0.228. The molecule has 4 rings (SSSR count). The van der Waals surface area contributed by atoms with E-state index < -0.39 is 11.9 Å². The Kier molecular flexibility index (Phi) is 7.15. The fourth-order valence-corrected chi connectivity index (χ4v) is 4.07.